The Morgan fingerprint density at radius 1 is 1.09 bits per heavy atom. The molecule has 1 aromatic carbocycles. The van der Waals surface area contributed by atoms with Crippen molar-refractivity contribution in [2.24, 2.45) is 5.41 Å². The Hall–Kier alpha value is -3.22. The predicted octanol–water partition coefficient (Wildman–Crippen LogP) is 5.89. The molecule has 1 N–H and O–H groups in total. The van der Waals surface area contributed by atoms with Crippen LogP contribution in [0.4, 0.5) is 5.82 Å². The molecule has 1 saturated carbocycles. The van der Waals surface area contributed by atoms with Crippen molar-refractivity contribution in [3.8, 4) is 34.1 Å². The maximum atomic E-state index is 10.7. The van der Waals surface area contributed by atoms with Crippen molar-refractivity contribution in [3.63, 3.8) is 0 Å². The Kier molecular flexibility index (Phi) is 7.29. The third-order valence-electron chi connectivity index (χ3n) is 7.13. The number of hydrogen-bond acceptors (Lipinski definition) is 7. The predicted molar refractivity (Wildman–Crippen MR) is 135 cm³/mol. The zero-order valence-corrected chi connectivity index (χ0v) is 20.7. The lowest BCUT2D eigenvalue weighted by Crippen LogP contribution is -2.36. The lowest BCUT2D eigenvalue weighted by Gasteiger charge is -2.35. The monoisotopic (exact) mass is 461 g/mol. The van der Waals surface area contributed by atoms with Gasteiger partial charge in [0.05, 0.1) is 18.5 Å². The van der Waals surface area contributed by atoms with Crippen LogP contribution in [-0.2, 0) is 0 Å². The zero-order valence-electron chi connectivity index (χ0n) is 20.7. The van der Waals surface area contributed by atoms with Gasteiger partial charge in [-0.25, -0.2) is 9.97 Å². The second kappa shape index (κ2) is 10.4. The number of ether oxygens (including phenoxy) is 1. The molecule has 0 aliphatic heterocycles. The summed E-state index contributed by atoms with van der Waals surface area (Å²) in [6, 6.07) is 11.6. The number of benzene rings is 1. The highest BCUT2D eigenvalue weighted by atomic mass is 16.5. The minimum Gasteiger partial charge on any atom is -0.507 e. The van der Waals surface area contributed by atoms with Crippen LogP contribution in [0.1, 0.15) is 58.8 Å². The number of anilines is 1. The van der Waals surface area contributed by atoms with Crippen LogP contribution in [0, 0.1) is 5.41 Å². The number of phenols is 1. The molecule has 180 valence electrons. The van der Waals surface area contributed by atoms with Crippen molar-refractivity contribution in [1.29, 1.82) is 0 Å². The van der Waals surface area contributed by atoms with Crippen LogP contribution in [0.3, 0.4) is 0 Å². The van der Waals surface area contributed by atoms with Crippen molar-refractivity contribution in [2.45, 2.75) is 64.8 Å². The molecule has 0 unspecified atom stereocenters. The summed E-state index contributed by atoms with van der Waals surface area (Å²) in [6.45, 7) is 4.73. The molecule has 1 aliphatic carbocycles. The quantitative estimate of drug-likeness (QED) is 0.439. The first-order chi connectivity index (χ1) is 16.4. The molecule has 3 aromatic rings. The number of nitrogens with zero attached hydrogens (tertiary/aromatic N) is 5. The van der Waals surface area contributed by atoms with Gasteiger partial charge in [0.2, 0.25) is 5.88 Å². The number of hydrogen-bond donors (Lipinski definition) is 1. The first-order valence-corrected chi connectivity index (χ1v) is 12.2. The van der Waals surface area contributed by atoms with Crippen LogP contribution in [0.2, 0.25) is 0 Å². The molecule has 34 heavy (non-hydrogen) atoms. The summed E-state index contributed by atoms with van der Waals surface area (Å²) in [4.78, 5) is 10.6. The molecule has 2 aromatic heterocycles. The zero-order chi connectivity index (χ0) is 24.1. The highest BCUT2D eigenvalue weighted by Gasteiger charge is 2.32. The molecular formula is C27H35N5O2. The van der Waals surface area contributed by atoms with Gasteiger partial charge in [0, 0.05) is 30.3 Å². The standard InChI is InChI=1S/C27H35N5O2/c1-5-13-27(2)14-7-6-8-20(17-27)32(3)25-12-11-22(30-31-25)21-10-9-19(15-24(21)33)23-16-26(34-4)29-18-28-23/h9-12,15-16,18,20,33H,5-8,13-14,17H2,1-4H3/t20-,27+/m0/s1. The van der Waals surface area contributed by atoms with E-state index < -0.39 is 0 Å². The topological polar surface area (TPSA) is 84.3 Å². The van der Waals surface area contributed by atoms with E-state index in [4.69, 9.17) is 4.74 Å². The Bertz CT molecular complexity index is 1100. The summed E-state index contributed by atoms with van der Waals surface area (Å²) in [5.41, 5.74) is 3.12. The Balaban J connectivity index is 1.52. The Morgan fingerprint density at radius 3 is 2.65 bits per heavy atom. The van der Waals surface area contributed by atoms with Gasteiger partial charge < -0.3 is 14.7 Å². The molecule has 1 aliphatic rings. The van der Waals surface area contributed by atoms with Crippen molar-refractivity contribution in [1.82, 2.24) is 20.2 Å². The second-order valence-corrected chi connectivity index (χ2v) is 9.73. The molecule has 0 bridgehead atoms. The number of methoxy groups -OCH3 is 1. The first-order valence-electron chi connectivity index (χ1n) is 12.2. The van der Waals surface area contributed by atoms with Gasteiger partial charge >= 0.3 is 0 Å². The maximum Gasteiger partial charge on any atom is 0.216 e. The van der Waals surface area contributed by atoms with Gasteiger partial charge in [-0.05, 0) is 55.4 Å². The van der Waals surface area contributed by atoms with Gasteiger partial charge in [0.15, 0.2) is 5.82 Å². The van der Waals surface area contributed by atoms with Crippen molar-refractivity contribution < 1.29 is 9.84 Å². The summed E-state index contributed by atoms with van der Waals surface area (Å²) in [6.07, 6.45) is 10.2. The van der Waals surface area contributed by atoms with E-state index in [0.717, 1.165) is 11.4 Å². The molecule has 2 heterocycles. The normalized spacial score (nSPS) is 20.5. The van der Waals surface area contributed by atoms with Gasteiger partial charge in [0.1, 0.15) is 12.1 Å². The molecule has 0 spiro atoms. The minimum absolute atomic E-state index is 0.129. The van der Waals surface area contributed by atoms with Crippen molar-refractivity contribution >= 4 is 5.82 Å². The van der Waals surface area contributed by atoms with Gasteiger partial charge in [-0.2, -0.15) is 0 Å². The summed E-state index contributed by atoms with van der Waals surface area (Å²) in [5.74, 6) is 1.48. The molecule has 1 fully saturated rings. The van der Waals surface area contributed by atoms with E-state index in [2.05, 4.69) is 46.0 Å². The van der Waals surface area contributed by atoms with Gasteiger partial charge in [-0.1, -0.05) is 39.2 Å². The molecule has 0 radical (unpaired) electrons. The van der Waals surface area contributed by atoms with E-state index in [1.54, 1.807) is 19.2 Å². The SMILES string of the molecule is CCC[C@]1(C)CCCC[C@H](N(C)c2ccc(-c3ccc(-c4cc(OC)ncn4)cc3O)nn2)C1. The average Bonchev–Trinajstić information content (AvgIpc) is 3.05. The fourth-order valence-electron chi connectivity index (χ4n) is 5.23. The van der Waals surface area contributed by atoms with Crippen LogP contribution >= 0.6 is 0 Å². The molecule has 0 amide bonds. The second-order valence-electron chi connectivity index (χ2n) is 9.73. The third-order valence-corrected chi connectivity index (χ3v) is 7.13. The summed E-state index contributed by atoms with van der Waals surface area (Å²) < 4.78 is 5.17. The molecule has 7 nitrogen and oxygen atoms in total. The third kappa shape index (κ3) is 5.29. The fourth-order valence-corrected chi connectivity index (χ4v) is 5.23. The number of aromatic nitrogens is 4. The summed E-state index contributed by atoms with van der Waals surface area (Å²) >= 11 is 0. The van der Waals surface area contributed by atoms with Gasteiger partial charge in [-0.3, -0.25) is 0 Å². The van der Waals surface area contributed by atoms with Crippen LogP contribution in [-0.4, -0.2) is 45.5 Å². The smallest absolute Gasteiger partial charge is 0.216 e. The maximum absolute atomic E-state index is 10.7. The molecular weight excluding hydrogens is 426 g/mol. The van der Waals surface area contributed by atoms with Crippen molar-refractivity contribution in [2.75, 3.05) is 19.1 Å². The number of rotatable bonds is 7. The van der Waals surface area contributed by atoms with Crippen LogP contribution in [0.25, 0.3) is 22.5 Å². The van der Waals surface area contributed by atoms with Gasteiger partial charge in [0.25, 0.3) is 0 Å². The van der Waals surface area contributed by atoms with E-state index in [1.165, 1.54) is 51.3 Å². The first kappa shape index (κ1) is 23.9. The molecule has 4 rings (SSSR count). The lowest BCUT2D eigenvalue weighted by molar-refractivity contribution is 0.238. The molecule has 7 heteroatoms. The Morgan fingerprint density at radius 2 is 1.94 bits per heavy atom. The lowest BCUT2D eigenvalue weighted by atomic mass is 9.77. The summed E-state index contributed by atoms with van der Waals surface area (Å²) in [5, 5.41) is 19.7. The van der Waals surface area contributed by atoms with E-state index >= 15 is 0 Å². The number of aromatic hydroxyl groups is 1. The average molecular weight is 462 g/mol. The highest BCUT2D eigenvalue weighted by molar-refractivity contribution is 5.73. The molecule has 0 saturated heterocycles. The minimum atomic E-state index is 0.129. The van der Waals surface area contributed by atoms with Crippen LogP contribution in [0.15, 0.2) is 42.7 Å². The Labute approximate surface area is 202 Å². The van der Waals surface area contributed by atoms with E-state index in [-0.39, 0.29) is 5.75 Å². The van der Waals surface area contributed by atoms with Crippen LogP contribution < -0.4 is 9.64 Å². The highest BCUT2D eigenvalue weighted by Crippen LogP contribution is 2.40. The van der Waals surface area contributed by atoms with Gasteiger partial charge in [-0.15, -0.1) is 10.2 Å². The molecule has 2 atom stereocenters. The van der Waals surface area contributed by atoms with Crippen molar-refractivity contribution in [3.05, 3.63) is 42.7 Å². The van der Waals surface area contributed by atoms with E-state index in [1.807, 2.05) is 24.3 Å². The number of phenolic OH excluding ortho intramolecular Hbond substituents is 1. The summed E-state index contributed by atoms with van der Waals surface area (Å²) in [7, 11) is 3.69. The van der Waals surface area contributed by atoms with E-state index in [9.17, 15) is 5.11 Å². The van der Waals surface area contributed by atoms with E-state index in [0.29, 0.717) is 34.3 Å². The van der Waals surface area contributed by atoms with Crippen LogP contribution in [0.5, 0.6) is 11.6 Å². The largest absolute Gasteiger partial charge is 0.507 e. The fraction of sp³-hybridized carbons (Fsp3) is 0.481.